The fourth-order valence-electron chi connectivity index (χ4n) is 4.03. The minimum Gasteiger partial charge on any atom is -0.490 e. The number of hydrogen-bond acceptors (Lipinski definition) is 11. The van der Waals surface area contributed by atoms with Gasteiger partial charge < -0.3 is 25.3 Å². The van der Waals surface area contributed by atoms with E-state index in [1.807, 2.05) is 6.07 Å². The van der Waals surface area contributed by atoms with Gasteiger partial charge in [-0.1, -0.05) is 6.07 Å². The predicted octanol–water partition coefficient (Wildman–Crippen LogP) is 2.34. The Balaban J connectivity index is 2.01. The molecule has 0 radical (unpaired) electrons. The summed E-state index contributed by atoms with van der Waals surface area (Å²) >= 11 is 0. The number of rotatable bonds is 11. The lowest BCUT2D eigenvalue weighted by molar-refractivity contribution is -0.189. The number of nitrogen functional groups attached to an aromatic ring is 1. The lowest BCUT2D eigenvalue weighted by Crippen LogP contribution is -2.42. The Kier molecular flexibility index (Phi) is 8.60. The zero-order chi connectivity index (χ0) is 31.2. The number of halogens is 3. The number of nitrogens with one attached hydrogen (secondary N) is 4. The molecule has 14 nitrogen and oxygen atoms in total. The number of amidine groups is 1. The van der Waals surface area contributed by atoms with E-state index in [0.29, 0.717) is 0 Å². The van der Waals surface area contributed by atoms with Gasteiger partial charge in [-0.2, -0.15) is 23.5 Å². The number of nitrogens with two attached hydrogens (primary N) is 1. The maximum absolute atomic E-state index is 12.9. The monoisotopic (exact) mass is 597 g/mol. The molecular formula is C26H22F3N9O5. The highest BCUT2D eigenvalue weighted by atomic mass is 19.4. The fraction of sp³-hybridized carbons (Fsp3) is 0.192. The van der Waals surface area contributed by atoms with Crippen LogP contribution in [0, 0.1) is 16.7 Å². The Bertz CT molecular complexity index is 1730. The van der Waals surface area contributed by atoms with Crippen LogP contribution in [-0.2, 0) is 10.3 Å². The van der Waals surface area contributed by atoms with Crippen molar-refractivity contribution in [2.24, 2.45) is 5.73 Å². The first-order chi connectivity index (χ1) is 20.5. The molecule has 17 heteroatoms. The van der Waals surface area contributed by atoms with Gasteiger partial charge in [0.25, 0.3) is 0 Å². The summed E-state index contributed by atoms with van der Waals surface area (Å²) in [5, 5.41) is 26.5. The first kappa shape index (κ1) is 30.0. The van der Waals surface area contributed by atoms with Crippen LogP contribution >= 0.6 is 0 Å². The zero-order valence-electron chi connectivity index (χ0n) is 22.2. The van der Waals surface area contributed by atoms with E-state index in [1.165, 1.54) is 36.7 Å². The van der Waals surface area contributed by atoms with E-state index in [-0.39, 0.29) is 53.2 Å². The number of anilines is 1. The molecule has 4 rings (SSSR count). The summed E-state index contributed by atoms with van der Waals surface area (Å²) in [6, 6.07) is 11.1. The molecule has 0 saturated heterocycles. The number of aromatic nitrogens is 5. The van der Waals surface area contributed by atoms with Gasteiger partial charge >= 0.3 is 17.8 Å². The SMILES string of the molecule is CCOc1cc(C(Nc2cc(OC(=O)C(F)(F)F)ccc2C(=N)N)(c2ncccn2)c2n[nH]c(=O)[nH]2)ccc1OCC#N. The van der Waals surface area contributed by atoms with Crippen molar-refractivity contribution in [2.45, 2.75) is 18.6 Å². The molecule has 0 fully saturated rings. The standard InChI is InChI=1S/C26H22F3N9O5/c1-2-41-19-12-14(4-7-18(19)42-11-8-30)25(21-33-9-3-10-34-21,22-35-24(40)38-37-22)36-17-13-15(5-6-16(17)20(31)32)43-23(39)26(27,28)29/h3-7,9-10,12-13,36H,2,11H2,1H3,(H3,31,32)(H2,35,37,38,40). The summed E-state index contributed by atoms with van der Waals surface area (Å²) in [5.74, 6) is -3.29. The van der Waals surface area contributed by atoms with Crippen LogP contribution in [0.25, 0.3) is 0 Å². The number of nitriles is 1. The summed E-state index contributed by atoms with van der Waals surface area (Å²) < 4.78 is 54.5. The molecule has 0 aliphatic rings. The number of nitrogens with zero attached hydrogens (tertiary/aromatic N) is 4. The van der Waals surface area contributed by atoms with E-state index in [9.17, 15) is 22.8 Å². The van der Waals surface area contributed by atoms with Crippen LogP contribution < -0.4 is 31.0 Å². The number of carbonyl (C=O) groups is 1. The van der Waals surface area contributed by atoms with Gasteiger partial charge in [-0.05, 0) is 42.8 Å². The average Bonchev–Trinajstić information content (AvgIpc) is 3.41. The van der Waals surface area contributed by atoms with Gasteiger partial charge in [0.05, 0.1) is 12.3 Å². The Morgan fingerprint density at radius 3 is 2.49 bits per heavy atom. The number of alkyl halides is 3. The van der Waals surface area contributed by atoms with Crippen LogP contribution in [0.2, 0.25) is 0 Å². The van der Waals surface area contributed by atoms with E-state index in [2.05, 4.69) is 35.2 Å². The van der Waals surface area contributed by atoms with Gasteiger partial charge in [0.1, 0.15) is 17.7 Å². The van der Waals surface area contributed by atoms with Crippen molar-refractivity contribution in [2.75, 3.05) is 18.5 Å². The second-order valence-corrected chi connectivity index (χ2v) is 8.52. The van der Waals surface area contributed by atoms with Gasteiger partial charge in [-0.3, -0.25) is 10.4 Å². The summed E-state index contributed by atoms with van der Waals surface area (Å²) in [6.45, 7) is 1.61. The number of benzene rings is 2. The van der Waals surface area contributed by atoms with Crippen LogP contribution in [0.5, 0.6) is 17.2 Å². The third kappa shape index (κ3) is 6.37. The van der Waals surface area contributed by atoms with Gasteiger partial charge in [0.15, 0.2) is 35.3 Å². The second kappa shape index (κ2) is 12.3. The lowest BCUT2D eigenvalue weighted by Gasteiger charge is -2.34. The minimum atomic E-state index is -5.28. The summed E-state index contributed by atoms with van der Waals surface area (Å²) in [4.78, 5) is 35.1. The largest absolute Gasteiger partial charge is 0.491 e. The average molecular weight is 598 g/mol. The smallest absolute Gasteiger partial charge is 0.490 e. The fourth-order valence-corrected chi connectivity index (χ4v) is 4.03. The first-order valence-electron chi connectivity index (χ1n) is 12.2. The number of ether oxygens (including phenoxy) is 3. The molecule has 2 heterocycles. The molecule has 0 saturated carbocycles. The summed E-state index contributed by atoms with van der Waals surface area (Å²) in [6.07, 6.45) is -2.50. The van der Waals surface area contributed by atoms with E-state index in [4.69, 9.17) is 25.9 Å². The molecule has 222 valence electrons. The summed E-state index contributed by atoms with van der Waals surface area (Å²) in [5.41, 5.74) is 3.30. The van der Waals surface area contributed by atoms with Gasteiger partial charge in [-0.25, -0.2) is 24.7 Å². The lowest BCUT2D eigenvalue weighted by atomic mass is 9.86. The highest BCUT2D eigenvalue weighted by molar-refractivity contribution is 6.01. The topological polar surface area (TPSA) is 218 Å². The van der Waals surface area contributed by atoms with E-state index in [0.717, 1.165) is 18.2 Å². The molecule has 1 unspecified atom stereocenters. The van der Waals surface area contributed by atoms with Crippen molar-refractivity contribution in [3.8, 4) is 23.3 Å². The third-order valence-corrected chi connectivity index (χ3v) is 5.77. The number of aromatic amines is 2. The molecule has 0 amide bonds. The van der Waals surface area contributed by atoms with Crippen molar-refractivity contribution in [1.29, 1.82) is 10.7 Å². The second-order valence-electron chi connectivity index (χ2n) is 8.52. The molecule has 0 aliphatic carbocycles. The molecule has 6 N–H and O–H groups in total. The zero-order valence-corrected chi connectivity index (χ0v) is 22.2. The Morgan fingerprint density at radius 2 is 1.88 bits per heavy atom. The van der Waals surface area contributed by atoms with Gasteiger partial charge in [0, 0.05) is 24.0 Å². The van der Waals surface area contributed by atoms with E-state index in [1.54, 1.807) is 6.92 Å². The molecule has 4 aromatic rings. The first-order valence-corrected chi connectivity index (χ1v) is 12.2. The van der Waals surface area contributed by atoms with Gasteiger partial charge in [-0.15, -0.1) is 0 Å². The number of hydrogen-bond donors (Lipinski definition) is 5. The van der Waals surface area contributed by atoms with Crippen LogP contribution in [0.4, 0.5) is 18.9 Å². The quantitative estimate of drug-likeness (QED) is 0.0731. The Morgan fingerprint density at radius 1 is 1.14 bits per heavy atom. The maximum Gasteiger partial charge on any atom is 0.491 e. The molecule has 0 bridgehead atoms. The predicted molar refractivity (Wildman–Crippen MR) is 143 cm³/mol. The minimum absolute atomic E-state index is 0.0241. The molecule has 0 spiro atoms. The van der Waals surface area contributed by atoms with Crippen molar-refractivity contribution in [3.05, 3.63) is 88.1 Å². The molecule has 43 heavy (non-hydrogen) atoms. The number of H-pyrrole nitrogens is 2. The van der Waals surface area contributed by atoms with Crippen LogP contribution in [-0.4, -0.2) is 56.3 Å². The molecular weight excluding hydrogens is 575 g/mol. The van der Waals surface area contributed by atoms with Crippen LogP contribution in [0.1, 0.15) is 29.7 Å². The highest BCUT2D eigenvalue weighted by Gasteiger charge is 2.45. The van der Waals surface area contributed by atoms with Crippen LogP contribution in [0.3, 0.4) is 0 Å². The summed E-state index contributed by atoms with van der Waals surface area (Å²) in [7, 11) is 0. The van der Waals surface area contributed by atoms with Crippen LogP contribution in [0.15, 0.2) is 59.7 Å². The van der Waals surface area contributed by atoms with Crippen molar-refractivity contribution in [1.82, 2.24) is 25.1 Å². The Labute approximate surface area is 240 Å². The maximum atomic E-state index is 12.9. The normalized spacial score (nSPS) is 12.4. The molecule has 0 aliphatic heterocycles. The van der Waals surface area contributed by atoms with Crippen molar-refractivity contribution in [3.63, 3.8) is 0 Å². The van der Waals surface area contributed by atoms with E-state index < -0.39 is 35.0 Å². The van der Waals surface area contributed by atoms with Gasteiger partial charge in [0.2, 0.25) is 0 Å². The molecule has 2 aromatic carbocycles. The number of esters is 1. The third-order valence-electron chi connectivity index (χ3n) is 5.77. The molecule has 1 atom stereocenters. The molecule has 2 aromatic heterocycles. The number of carbonyl (C=O) groups excluding carboxylic acids is 1. The van der Waals surface area contributed by atoms with Crippen molar-refractivity contribution < 1.29 is 32.2 Å². The van der Waals surface area contributed by atoms with Crippen molar-refractivity contribution >= 4 is 17.5 Å². The van der Waals surface area contributed by atoms with E-state index >= 15 is 0 Å². The highest BCUT2D eigenvalue weighted by Crippen LogP contribution is 2.41. The Hall–Kier alpha value is -5.92.